The lowest BCUT2D eigenvalue weighted by atomic mass is 10.2. The van der Waals surface area contributed by atoms with E-state index in [4.69, 9.17) is 0 Å². The average molecular weight is 325 g/mol. The van der Waals surface area contributed by atoms with Gasteiger partial charge in [-0.15, -0.1) is 0 Å². The van der Waals surface area contributed by atoms with Crippen LogP contribution in [0.2, 0.25) is 0 Å². The van der Waals surface area contributed by atoms with E-state index < -0.39 is 0 Å². The van der Waals surface area contributed by atoms with Crippen LogP contribution >= 0.6 is 0 Å². The number of benzene rings is 1. The van der Waals surface area contributed by atoms with Gasteiger partial charge >= 0.3 is 0 Å². The molecule has 1 N–H and O–H groups in total. The zero-order chi connectivity index (χ0) is 16.8. The van der Waals surface area contributed by atoms with Crippen molar-refractivity contribution in [1.29, 1.82) is 0 Å². The fourth-order valence-corrected chi connectivity index (χ4v) is 2.89. The number of anilines is 2. The Kier molecular flexibility index (Phi) is 5.64. The molecule has 0 amide bonds. The van der Waals surface area contributed by atoms with Crippen molar-refractivity contribution in [1.82, 2.24) is 14.9 Å². The van der Waals surface area contributed by atoms with Crippen LogP contribution in [0.3, 0.4) is 0 Å². The van der Waals surface area contributed by atoms with Gasteiger partial charge in [0.25, 0.3) is 0 Å². The minimum absolute atomic E-state index is 0.392. The second kappa shape index (κ2) is 8.11. The lowest BCUT2D eigenvalue weighted by Gasteiger charge is -2.35. The van der Waals surface area contributed by atoms with Crippen molar-refractivity contribution < 1.29 is 0 Å². The highest BCUT2D eigenvalue weighted by Gasteiger charge is 2.18. The van der Waals surface area contributed by atoms with Gasteiger partial charge in [0.1, 0.15) is 5.82 Å². The Morgan fingerprint density at radius 1 is 1.08 bits per heavy atom. The Labute approximate surface area is 144 Å². The summed E-state index contributed by atoms with van der Waals surface area (Å²) in [5, 5.41) is 3.35. The summed E-state index contributed by atoms with van der Waals surface area (Å²) in [6.07, 6.45) is 2.91. The van der Waals surface area contributed by atoms with Crippen LogP contribution in [0, 0.1) is 0 Å². The van der Waals surface area contributed by atoms with E-state index in [0.717, 1.165) is 50.9 Å². The number of hydrogen-bond donors (Lipinski definition) is 1. The van der Waals surface area contributed by atoms with E-state index in [1.54, 1.807) is 0 Å². The molecule has 1 saturated heterocycles. The quantitative estimate of drug-likeness (QED) is 0.884. The summed E-state index contributed by atoms with van der Waals surface area (Å²) in [4.78, 5) is 13.9. The monoisotopic (exact) mass is 325 g/mol. The highest BCUT2D eigenvalue weighted by molar-refractivity contribution is 5.43. The molecule has 1 fully saturated rings. The van der Waals surface area contributed by atoms with Gasteiger partial charge in [-0.3, -0.25) is 4.90 Å². The summed E-state index contributed by atoms with van der Waals surface area (Å²) in [7, 11) is 0. The number of piperazine rings is 1. The van der Waals surface area contributed by atoms with Gasteiger partial charge in [0.2, 0.25) is 5.95 Å². The number of nitrogens with one attached hydrogen (secondary N) is 1. The van der Waals surface area contributed by atoms with Crippen molar-refractivity contribution in [3.63, 3.8) is 0 Å². The maximum Gasteiger partial charge on any atom is 0.224 e. The smallest absolute Gasteiger partial charge is 0.224 e. The van der Waals surface area contributed by atoms with Gasteiger partial charge < -0.3 is 10.2 Å². The molecular weight excluding hydrogens is 298 g/mol. The summed E-state index contributed by atoms with van der Waals surface area (Å²) < 4.78 is 0. The van der Waals surface area contributed by atoms with Gasteiger partial charge in [-0.05, 0) is 25.0 Å². The Bertz CT molecular complexity index is 623. The molecule has 1 aliphatic rings. The molecule has 1 aromatic heterocycles. The van der Waals surface area contributed by atoms with Crippen molar-refractivity contribution >= 4 is 11.8 Å². The molecule has 1 atom stereocenters. The zero-order valence-corrected chi connectivity index (χ0v) is 14.7. The lowest BCUT2D eigenvalue weighted by molar-refractivity contribution is 0.249. The van der Waals surface area contributed by atoms with Gasteiger partial charge in [-0.2, -0.15) is 4.98 Å². The van der Waals surface area contributed by atoms with E-state index in [-0.39, 0.29) is 0 Å². The van der Waals surface area contributed by atoms with Crippen molar-refractivity contribution in [3.8, 4) is 0 Å². The molecule has 1 aromatic carbocycles. The van der Waals surface area contributed by atoms with E-state index in [2.05, 4.69) is 69.3 Å². The van der Waals surface area contributed by atoms with Crippen LogP contribution in [0.25, 0.3) is 0 Å². The van der Waals surface area contributed by atoms with Crippen molar-refractivity contribution in [2.75, 3.05) is 36.4 Å². The second-order valence-electron chi connectivity index (χ2n) is 6.44. The Balaban J connectivity index is 1.55. The fraction of sp³-hybridized carbons (Fsp3) is 0.474. The predicted octanol–water partition coefficient (Wildman–Crippen LogP) is 3.01. The average Bonchev–Trinajstić information content (AvgIpc) is 2.63. The molecular formula is C19H27N5. The Morgan fingerprint density at radius 3 is 2.54 bits per heavy atom. The summed E-state index contributed by atoms with van der Waals surface area (Å²) in [5.41, 5.74) is 1.38. The summed E-state index contributed by atoms with van der Waals surface area (Å²) in [6.45, 7) is 9.48. The predicted molar refractivity (Wildman–Crippen MR) is 99.3 cm³/mol. The first-order chi connectivity index (χ1) is 11.7. The number of aromatic nitrogens is 2. The summed E-state index contributed by atoms with van der Waals surface area (Å²) >= 11 is 0. The van der Waals surface area contributed by atoms with E-state index in [0.29, 0.717) is 6.04 Å². The van der Waals surface area contributed by atoms with Gasteiger partial charge in [0.05, 0.1) is 0 Å². The van der Waals surface area contributed by atoms with Crippen LogP contribution in [0.4, 0.5) is 11.8 Å². The van der Waals surface area contributed by atoms with Crippen LogP contribution < -0.4 is 10.2 Å². The fourth-order valence-electron chi connectivity index (χ4n) is 2.89. The molecule has 128 valence electrons. The van der Waals surface area contributed by atoms with Gasteiger partial charge in [0.15, 0.2) is 0 Å². The highest BCUT2D eigenvalue weighted by Crippen LogP contribution is 2.16. The SMILES string of the molecule is CCC(C)Nc1nccc(N2CCN(Cc3ccccc3)CC2)n1. The molecule has 5 nitrogen and oxygen atoms in total. The molecule has 1 unspecified atom stereocenters. The number of rotatable bonds is 6. The van der Waals surface area contributed by atoms with Gasteiger partial charge in [-0.25, -0.2) is 4.98 Å². The van der Waals surface area contributed by atoms with E-state index in [1.165, 1.54) is 5.56 Å². The zero-order valence-electron chi connectivity index (χ0n) is 14.7. The van der Waals surface area contributed by atoms with Crippen LogP contribution in [0.1, 0.15) is 25.8 Å². The maximum absolute atomic E-state index is 4.68. The normalized spacial score (nSPS) is 16.8. The number of nitrogens with zero attached hydrogens (tertiary/aromatic N) is 4. The van der Waals surface area contributed by atoms with Gasteiger partial charge in [0, 0.05) is 45.0 Å². The van der Waals surface area contributed by atoms with Crippen LogP contribution in [-0.4, -0.2) is 47.1 Å². The minimum atomic E-state index is 0.392. The maximum atomic E-state index is 4.68. The van der Waals surface area contributed by atoms with Crippen LogP contribution in [0.5, 0.6) is 0 Å². The van der Waals surface area contributed by atoms with Crippen molar-refractivity contribution in [3.05, 3.63) is 48.2 Å². The highest BCUT2D eigenvalue weighted by atomic mass is 15.3. The first-order valence-corrected chi connectivity index (χ1v) is 8.85. The Hall–Kier alpha value is -2.14. The van der Waals surface area contributed by atoms with Crippen molar-refractivity contribution in [2.45, 2.75) is 32.9 Å². The molecule has 0 aliphatic carbocycles. The van der Waals surface area contributed by atoms with Crippen LogP contribution in [-0.2, 0) is 6.54 Å². The lowest BCUT2D eigenvalue weighted by Crippen LogP contribution is -2.46. The largest absolute Gasteiger partial charge is 0.354 e. The second-order valence-corrected chi connectivity index (χ2v) is 6.44. The molecule has 2 heterocycles. The topological polar surface area (TPSA) is 44.3 Å². The third kappa shape index (κ3) is 4.45. The molecule has 0 radical (unpaired) electrons. The van der Waals surface area contributed by atoms with E-state index in [1.807, 2.05) is 12.3 Å². The molecule has 5 heteroatoms. The molecule has 2 aromatic rings. The molecule has 3 rings (SSSR count). The van der Waals surface area contributed by atoms with Crippen LogP contribution in [0.15, 0.2) is 42.6 Å². The standard InChI is InChI=1S/C19H27N5/c1-3-16(2)21-19-20-10-9-18(22-19)24-13-11-23(12-14-24)15-17-7-5-4-6-8-17/h4-10,16H,3,11-15H2,1-2H3,(H,20,21,22). The molecule has 0 bridgehead atoms. The minimum Gasteiger partial charge on any atom is -0.354 e. The molecule has 0 spiro atoms. The van der Waals surface area contributed by atoms with Gasteiger partial charge in [-0.1, -0.05) is 37.3 Å². The Morgan fingerprint density at radius 2 is 1.83 bits per heavy atom. The molecule has 1 aliphatic heterocycles. The first kappa shape index (κ1) is 16.7. The summed E-state index contributed by atoms with van der Waals surface area (Å²) in [5.74, 6) is 1.75. The van der Waals surface area contributed by atoms with E-state index >= 15 is 0 Å². The third-order valence-electron chi connectivity index (χ3n) is 4.57. The first-order valence-electron chi connectivity index (χ1n) is 8.85. The molecule has 24 heavy (non-hydrogen) atoms. The molecule has 0 saturated carbocycles. The number of hydrogen-bond acceptors (Lipinski definition) is 5. The van der Waals surface area contributed by atoms with E-state index in [9.17, 15) is 0 Å². The third-order valence-corrected chi connectivity index (χ3v) is 4.57. The summed E-state index contributed by atoms with van der Waals surface area (Å²) in [6, 6.07) is 13.1. The van der Waals surface area contributed by atoms with Crippen molar-refractivity contribution in [2.24, 2.45) is 0 Å².